The lowest BCUT2D eigenvalue weighted by molar-refractivity contribution is -0.120. The molecule has 33 heavy (non-hydrogen) atoms. The van der Waals surface area contributed by atoms with Crippen LogP contribution in [-0.2, 0) is 14.3 Å². The Bertz CT molecular complexity index is 955. The highest BCUT2D eigenvalue weighted by molar-refractivity contribution is 8.00. The maximum Gasteiger partial charge on any atom is 0.338 e. The first-order valence-electron chi connectivity index (χ1n) is 11.7. The summed E-state index contributed by atoms with van der Waals surface area (Å²) in [7, 11) is 0. The normalized spacial score (nSPS) is 14.8. The molecule has 2 aromatic rings. The highest BCUT2D eigenvalue weighted by Gasteiger charge is 2.22. The number of anilines is 2. The van der Waals surface area contributed by atoms with Crippen molar-refractivity contribution in [2.45, 2.75) is 62.5 Å². The van der Waals surface area contributed by atoms with E-state index in [0.29, 0.717) is 24.3 Å². The van der Waals surface area contributed by atoms with Gasteiger partial charge in [0.15, 0.2) is 0 Å². The summed E-state index contributed by atoms with van der Waals surface area (Å²) in [4.78, 5) is 38.1. The lowest BCUT2D eigenvalue weighted by Crippen LogP contribution is -2.25. The van der Waals surface area contributed by atoms with E-state index in [9.17, 15) is 14.4 Å². The van der Waals surface area contributed by atoms with Gasteiger partial charge in [0.1, 0.15) is 0 Å². The van der Waals surface area contributed by atoms with E-state index in [-0.39, 0.29) is 29.0 Å². The molecule has 7 heteroatoms. The van der Waals surface area contributed by atoms with Gasteiger partial charge in [-0.15, -0.1) is 11.8 Å². The summed E-state index contributed by atoms with van der Waals surface area (Å²) in [6.07, 6.45) is 6.01. The number of thioether (sulfide) groups is 1. The van der Waals surface area contributed by atoms with E-state index >= 15 is 0 Å². The minimum absolute atomic E-state index is 0.0906. The minimum atomic E-state index is -0.382. The third-order valence-corrected chi connectivity index (χ3v) is 7.04. The summed E-state index contributed by atoms with van der Waals surface area (Å²) in [5.74, 6) is -0.303. The Balaban J connectivity index is 1.58. The summed E-state index contributed by atoms with van der Waals surface area (Å²) in [6, 6.07) is 14.3. The van der Waals surface area contributed by atoms with Crippen molar-refractivity contribution >= 4 is 40.9 Å². The number of rotatable bonds is 9. The number of amides is 2. The number of nitrogens with one attached hydrogen (secondary N) is 2. The van der Waals surface area contributed by atoms with Crippen LogP contribution in [0.3, 0.4) is 0 Å². The van der Waals surface area contributed by atoms with Crippen LogP contribution in [0.4, 0.5) is 11.4 Å². The zero-order chi connectivity index (χ0) is 23.6. The highest BCUT2D eigenvalue weighted by Crippen LogP contribution is 2.30. The molecule has 2 amide bonds. The molecule has 1 aliphatic rings. The van der Waals surface area contributed by atoms with Crippen molar-refractivity contribution in [3.8, 4) is 0 Å². The SMILES string of the molecule is CCOC(=O)c1ccc(NC(=O)C(CC)Sc2cccc(NC(=O)C3CCCCC3)c2)cc1. The van der Waals surface area contributed by atoms with Crippen molar-refractivity contribution in [2.24, 2.45) is 5.92 Å². The number of hydrogen-bond donors (Lipinski definition) is 2. The van der Waals surface area contributed by atoms with Crippen molar-refractivity contribution in [2.75, 3.05) is 17.2 Å². The van der Waals surface area contributed by atoms with Gasteiger partial charge in [-0.05, 0) is 68.7 Å². The van der Waals surface area contributed by atoms with Gasteiger partial charge in [-0.3, -0.25) is 9.59 Å². The van der Waals surface area contributed by atoms with Gasteiger partial charge < -0.3 is 15.4 Å². The molecule has 1 aliphatic carbocycles. The molecule has 0 bridgehead atoms. The van der Waals surface area contributed by atoms with Crippen LogP contribution >= 0.6 is 11.8 Å². The summed E-state index contributed by atoms with van der Waals surface area (Å²) in [5.41, 5.74) is 1.84. The van der Waals surface area contributed by atoms with Gasteiger partial charge in [-0.1, -0.05) is 32.3 Å². The molecule has 1 fully saturated rings. The third kappa shape index (κ3) is 7.35. The monoisotopic (exact) mass is 468 g/mol. The predicted octanol–water partition coefficient (Wildman–Crippen LogP) is 5.89. The molecule has 1 atom stereocenters. The Kier molecular flexibility index (Phi) is 9.36. The number of carbonyl (C=O) groups excluding carboxylic acids is 3. The Morgan fingerprint density at radius 1 is 0.970 bits per heavy atom. The molecule has 1 saturated carbocycles. The molecule has 0 heterocycles. The Labute approximate surface area is 199 Å². The van der Waals surface area contributed by atoms with Crippen LogP contribution in [0.1, 0.15) is 62.7 Å². The quantitative estimate of drug-likeness (QED) is 0.354. The number of ether oxygens (including phenoxy) is 1. The topological polar surface area (TPSA) is 84.5 Å². The maximum absolute atomic E-state index is 12.8. The molecule has 0 saturated heterocycles. The van der Waals surface area contributed by atoms with E-state index in [1.54, 1.807) is 31.2 Å². The molecule has 3 rings (SSSR count). The number of hydrogen-bond acceptors (Lipinski definition) is 5. The summed E-state index contributed by atoms with van der Waals surface area (Å²) >= 11 is 1.47. The van der Waals surface area contributed by atoms with E-state index in [4.69, 9.17) is 4.74 Å². The predicted molar refractivity (Wildman–Crippen MR) is 133 cm³/mol. The van der Waals surface area contributed by atoms with Gasteiger partial charge in [-0.25, -0.2) is 4.79 Å². The van der Waals surface area contributed by atoms with Crippen LogP contribution in [0.2, 0.25) is 0 Å². The summed E-state index contributed by atoms with van der Waals surface area (Å²) in [6.45, 7) is 4.05. The van der Waals surface area contributed by atoms with Crippen LogP contribution in [-0.4, -0.2) is 29.6 Å². The first kappa shape index (κ1) is 24.8. The van der Waals surface area contributed by atoms with Gasteiger partial charge in [0, 0.05) is 22.2 Å². The van der Waals surface area contributed by atoms with Crippen LogP contribution in [0.5, 0.6) is 0 Å². The second-order valence-electron chi connectivity index (χ2n) is 8.15. The van der Waals surface area contributed by atoms with Crippen LogP contribution in [0, 0.1) is 5.92 Å². The van der Waals surface area contributed by atoms with Gasteiger partial charge in [0.2, 0.25) is 11.8 Å². The molecule has 176 valence electrons. The van der Waals surface area contributed by atoms with Crippen molar-refractivity contribution in [1.82, 2.24) is 0 Å². The highest BCUT2D eigenvalue weighted by atomic mass is 32.2. The molecule has 0 radical (unpaired) electrons. The largest absolute Gasteiger partial charge is 0.462 e. The zero-order valence-corrected chi connectivity index (χ0v) is 20.1. The van der Waals surface area contributed by atoms with Crippen LogP contribution in [0.25, 0.3) is 0 Å². The van der Waals surface area contributed by atoms with E-state index in [1.807, 2.05) is 31.2 Å². The van der Waals surface area contributed by atoms with Gasteiger partial charge >= 0.3 is 5.97 Å². The standard InChI is InChI=1S/C26H32N2O4S/c1-3-23(25(30)27-20-15-13-19(14-16-20)26(31)32-4-2)33-22-12-8-11-21(17-22)28-24(29)18-9-6-5-7-10-18/h8,11-18,23H,3-7,9-10H2,1-2H3,(H,27,30)(H,28,29). The zero-order valence-electron chi connectivity index (χ0n) is 19.3. The maximum atomic E-state index is 12.8. The lowest BCUT2D eigenvalue weighted by atomic mass is 9.88. The average Bonchev–Trinajstić information content (AvgIpc) is 2.84. The van der Waals surface area contributed by atoms with Gasteiger partial charge in [0.05, 0.1) is 17.4 Å². The molecule has 0 aliphatic heterocycles. The molecule has 0 aromatic heterocycles. The fraction of sp³-hybridized carbons (Fsp3) is 0.423. The molecule has 2 N–H and O–H groups in total. The van der Waals surface area contributed by atoms with Crippen molar-refractivity contribution in [1.29, 1.82) is 0 Å². The van der Waals surface area contributed by atoms with Gasteiger partial charge in [0.25, 0.3) is 0 Å². The Hall–Kier alpha value is -2.80. The fourth-order valence-corrected chi connectivity index (χ4v) is 4.88. The Morgan fingerprint density at radius 3 is 2.36 bits per heavy atom. The lowest BCUT2D eigenvalue weighted by Gasteiger charge is -2.21. The molecular weight excluding hydrogens is 436 g/mol. The van der Waals surface area contributed by atoms with E-state index in [2.05, 4.69) is 10.6 Å². The third-order valence-electron chi connectivity index (χ3n) is 5.68. The number of esters is 1. The smallest absolute Gasteiger partial charge is 0.338 e. The van der Waals surface area contributed by atoms with Crippen molar-refractivity contribution < 1.29 is 19.1 Å². The molecule has 6 nitrogen and oxygen atoms in total. The second kappa shape index (κ2) is 12.4. The molecule has 1 unspecified atom stereocenters. The minimum Gasteiger partial charge on any atom is -0.462 e. The fourth-order valence-electron chi connectivity index (χ4n) is 3.87. The summed E-state index contributed by atoms with van der Waals surface area (Å²) < 4.78 is 4.98. The molecule has 2 aromatic carbocycles. The average molecular weight is 469 g/mol. The van der Waals surface area contributed by atoms with E-state index in [0.717, 1.165) is 36.3 Å². The first-order valence-corrected chi connectivity index (χ1v) is 12.5. The van der Waals surface area contributed by atoms with Gasteiger partial charge in [-0.2, -0.15) is 0 Å². The first-order chi connectivity index (χ1) is 16.0. The summed E-state index contributed by atoms with van der Waals surface area (Å²) in [5, 5.41) is 5.67. The second-order valence-corrected chi connectivity index (χ2v) is 9.43. The number of benzene rings is 2. The van der Waals surface area contributed by atoms with E-state index < -0.39 is 0 Å². The number of carbonyl (C=O) groups is 3. The Morgan fingerprint density at radius 2 is 1.70 bits per heavy atom. The van der Waals surface area contributed by atoms with Crippen LogP contribution < -0.4 is 10.6 Å². The van der Waals surface area contributed by atoms with E-state index in [1.165, 1.54) is 18.2 Å². The molecule has 0 spiro atoms. The van der Waals surface area contributed by atoms with Crippen molar-refractivity contribution in [3.63, 3.8) is 0 Å². The van der Waals surface area contributed by atoms with Crippen LogP contribution in [0.15, 0.2) is 53.4 Å². The molecular formula is C26H32N2O4S. The van der Waals surface area contributed by atoms with Crippen molar-refractivity contribution in [3.05, 3.63) is 54.1 Å².